The van der Waals surface area contributed by atoms with Crippen molar-refractivity contribution >= 4 is 33.9 Å². The van der Waals surface area contributed by atoms with E-state index in [-0.39, 0.29) is 5.56 Å². The van der Waals surface area contributed by atoms with Crippen LogP contribution in [0.15, 0.2) is 53.3 Å². The van der Waals surface area contributed by atoms with Gasteiger partial charge < -0.3 is 19.9 Å². The lowest BCUT2D eigenvalue weighted by Crippen LogP contribution is -2.37. The molecule has 0 saturated heterocycles. The van der Waals surface area contributed by atoms with Crippen molar-refractivity contribution in [2.75, 3.05) is 25.6 Å². The average molecular weight is 411 g/mol. The molecule has 1 aromatic heterocycles. The van der Waals surface area contributed by atoms with Crippen LogP contribution in [0.3, 0.4) is 0 Å². The van der Waals surface area contributed by atoms with Crippen LogP contribution in [0.1, 0.15) is 31.2 Å². The van der Waals surface area contributed by atoms with Gasteiger partial charge in [0.25, 0.3) is 5.56 Å². The van der Waals surface area contributed by atoms with Crippen LogP contribution in [0.4, 0.5) is 5.69 Å². The van der Waals surface area contributed by atoms with Crippen molar-refractivity contribution < 1.29 is 4.74 Å². The summed E-state index contributed by atoms with van der Waals surface area (Å²) in [7, 11) is 1.65. The van der Waals surface area contributed by atoms with E-state index in [1.165, 1.54) is 5.56 Å². The number of para-hydroxylation sites is 1. The van der Waals surface area contributed by atoms with Crippen molar-refractivity contribution in [1.82, 2.24) is 14.9 Å². The SMILES string of the molecule is COCCN(Cc1nc2ccccc2c(=O)[nH]1)C(=S)Nc1ccc(C(C)C)cc1. The van der Waals surface area contributed by atoms with Gasteiger partial charge in [-0.3, -0.25) is 4.79 Å². The largest absolute Gasteiger partial charge is 0.383 e. The van der Waals surface area contributed by atoms with Crippen molar-refractivity contribution in [2.24, 2.45) is 0 Å². The predicted octanol–water partition coefficient (Wildman–Crippen LogP) is 3.89. The highest BCUT2D eigenvalue weighted by Crippen LogP contribution is 2.18. The third-order valence-electron chi connectivity index (χ3n) is 4.68. The number of anilines is 1. The topological polar surface area (TPSA) is 70.2 Å². The zero-order valence-electron chi connectivity index (χ0n) is 16.9. The molecular weight excluding hydrogens is 384 g/mol. The molecule has 3 rings (SSSR count). The second kappa shape index (κ2) is 9.62. The van der Waals surface area contributed by atoms with Crippen LogP contribution in [0.25, 0.3) is 10.9 Å². The molecular formula is C22H26N4O2S. The van der Waals surface area contributed by atoms with Crippen LogP contribution in [-0.4, -0.2) is 40.2 Å². The summed E-state index contributed by atoms with van der Waals surface area (Å²) in [6, 6.07) is 15.5. The number of H-pyrrole nitrogens is 1. The van der Waals surface area contributed by atoms with Gasteiger partial charge in [0.15, 0.2) is 5.11 Å². The molecule has 29 heavy (non-hydrogen) atoms. The van der Waals surface area contributed by atoms with E-state index in [4.69, 9.17) is 17.0 Å². The Morgan fingerprint density at radius 2 is 1.93 bits per heavy atom. The first-order valence-electron chi connectivity index (χ1n) is 9.60. The summed E-state index contributed by atoms with van der Waals surface area (Å²) in [6.07, 6.45) is 0. The highest BCUT2D eigenvalue weighted by molar-refractivity contribution is 7.80. The van der Waals surface area contributed by atoms with Gasteiger partial charge in [-0.2, -0.15) is 0 Å². The summed E-state index contributed by atoms with van der Waals surface area (Å²) in [5.41, 5.74) is 2.71. The van der Waals surface area contributed by atoms with Crippen LogP contribution in [0.5, 0.6) is 0 Å². The molecule has 3 aromatic rings. The Balaban J connectivity index is 1.78. The van der Waals surface area contributed by atoms with Gasteiger partial charge in [0, 0.05) is 19.3 Å². The van der Waals surface area contributed by atoms with E-state index in [1.807, 2.05) is 35.2 Å². The van der Waals surface area contributed by atoms with Gasteiger partial charge in [0.2, 0.25) is 0 Å². The Labute approximate surface area is 175 Å². The monoisotopic (exact) mass is 410 g/mol. The van der Waals surface area contributed by atoms with E-state index in [1.54, 1.807) is 13.2 Å². The van der Waals surface area contributed by atoms with Crippen LogP contribution in [-0.2, 0) is 11.3 Å². The molecule has 0 aliphatic carbocycles. The van der Waals surface area contributed by atoms with Crippen LogP contribution in [0, 0.1) is 0 Å². The van der Waals surface area contributed by atoms with Gasteiger partial charge in [-0.15, -0.1) is 0 Å². The normalized spacial score (nSPS) is 11.0. The lowest BCUT2D eigenvalue weighted by Gasteiger charge is -2.25. The third-order valence-corrected chi connectivity index (χ3v) is 5.04. The Kier molecular flexibility index (Phi) is 6.95. The molecule has 152 valence electrons. The molecule has 0 amide bonds. The molecule has 0 bridgehead atoms. The Hall–Kier alpha value is -2.77. The van der Waals surface area contributed by atoms with Gasteiger partial charge in [0.1, 0.15) is 5.82 Å². The molecule has 6 nitrogen and oxygen atoms in total. The summed E-state index contributed by atoms with van der Waals surface area (Å²) >= 11 is 5.62. The Morgan fingerprint density at radius 1 is 1.21 bits per heavy atom. The first-order chi connectivity index (χ1) is 14.0. The minimum Gasteiger partial charge on any atom is -0.383 e. The fourth-order valence-electron chi connectivity index (χ4n) is 3.00. The molecule has 0 radical (unpaired) electrons. The van der Waals surface area contributed by atoms with Crippen LogP contribution >= 0.6 is 12.2 Å². The maximum absolute atomic E-state index is 12.4. The van der Waals surface area contributed by atoms with Crippen molar-refractivity contribution in [3.05, 3.63) is 70.3 Å². The fraction of sp³-hybridized carbons (Fsp3) is 0.318. The van der Waals surface area contributed by atoms with E-state index in [9.17, 15) is 4.79 Å². The van der Waals surface area contributed by atoms with Gasteiger partial charge in [-0.05, 0) is 48.0 Å². The maximum Gasteiger partial charge on any atom is 0.258 e. The number of benzene rings is 2. The number of aromatic amines is 1. The van der Waals surface area contributed by atoms with Gasteiger partial charge in [-0.1, -0.05) is 38.1 Å². The second-order valence-corrected chi connectivity index (χ2v) is 7.54. The van der Waals surface area contributed by atoms with E-state index in [0.717, 1.165) is 5.69 Å². The average Bonchev–Trinajstić information content (AvgIpc) is 2.71. The molecule has 2 N–H and O–H groups in total. The van der Waals surface area contributed by atoms with Crippen molar-refractivity contribution in [1.29, 1.82) is 0 Å². The minimum atomic E-state index is -0.152. The predicted molar refractivity (Wildman–Crippen MR) is 121 cm³/mol. The zero-order valence-corrected chi connectivity index (χ0v) is 17.8. The van der Waals surface area contributed by atoms with Gasteiger partial charge in [-0.25, -0.2) is 4.98 Å². The van der Waals surface area contributed by atoms with E-state index < -0.39 is 0 Å². The first kappa shape index (κ1) is 21.0. The van der Waals surface area contributed by atoms with E-state index >= 15 is 0 Å². The molecule has 0 aliphatic rings. The Bertz CT molecular complexity index is 1030. The van der Waals surface area contributed by atoms with Crippen molar-refractivity contribution in [2.45, 2.75) is 26.3 Å². The number of nitrogens with zero attached hydrogens (tertiary/aromatic N) is 2. The smallest absolute Gasteiger partial charge is 0.258 e. The number of hydrogen-bond acceptors (Lipinski definition) is 4. The minimum absolute atomic E-state index is 0.152. The summed E-state index contributed by atoms with van der Waals surface area (Å²) in [5.74, 6) is 1.04. The summed E-state index contributed by atoms with van der Waals surface area (Å²) in [5, 5.41) is 4.40. The number of hydrogen-bond donors (Lipinski definition) is 2. The van der Waals surface area contributed by atoms with E-state index in [0.29, 0.717) is 47.5 Å². The van der Waals surface area contributed by atoms with Gasteiger partial charge in [0.05, 0.1) is 24.1 Å². The standard InChI is InChI=1S/C22H26N4O2S/c1-15(2)16-8-10-17(11-9-16)23-22(29)26(12-13-28-3)14-20-24-19-7-5-4-6-18(19)21(27)25-20/h4-11,15H,12-14H2,1-3H3,(H,23,29)(H,24,25,27). The lowest BCUT2D eigenvalue weighted by atomic mass is 10.0. The number of aromatic nitrogens is 2. The summed E-state index contributed by atoms with van der Waals surface area (Å²) in [4.78, 5) is 21.7. The van der Waals surface area contributed by atoms with Crippen molar-refractivity contribution in [3.63, 3.8) is 0 Å². The molecule has 0 fully saturated rings. The third kappa shape index (κ3) is 5.40. The molecule has 0 unspecified atom stereocenters. The number of nitrogens with one attached hydrogen (secondary N) is 2. The molecule has 0 spiro atoms. The zero-order chi connectivity index (χ0) is 20.8. The Morgan fingerprint density at radius 3 is 2.62 bits per heavy atom. The molecule has 0 saturated carbocycles. The van der Waals surface area contributed by atoms with E-state index in [2.05, 4.69) is 41.3 Å². The van der Waals surface area contributed by atoms with Gasteiger partial charge >= 0.3 is 0 Å². The molecule has 1 heterocycles. The first-order valence-corrected chi connectivity index (χ1v) is 10.0. The molecule has 0 atom stereocenters. The quantitative estimate of drug-likeness (QED) is 0.576. The number of ether oxygens (including phenoxy) is 1. The fourth-order valence-corrected chi connectivity index (χ4v) is 3.27. The van der Waals surface area contributed by atoms with Crippen LogP contribution < -0.4 is 10.9 Å². The second-order valence-electron chi connectivity index (χ2n) is 7.15. The number of methoxy groups -OCH3 is 1. The number of fused-ring (bicyclic) bond motifs is 1. The molecule has 7 heteroatoms. The highest BCUT2D eigenvalue weighted by atomic mass is 32.1. The number of thiocarbonyl (C=S) groups is 1. The molecule has 2 aromatic carbocycles. The number of rotatable bonds is 7. The van der Waals surface area contributed by atoms with Crippen molar-refractivity contribution in [3.8, 4) is 0 Å². The summed E-state index contributed by atoms with van der Waals surface area (Å²) in [6.45, 7) is 5.78. The highest BCUT2D eigenvalue weighted by Gasteiger charge is 2.13. The lowest BCUT2D eigenvalue weighted by molar-refractivity contribution is 0.174. The summed E-state index contributed by atoms with van der Waals surface area (Å²) < 4.78 is 5.23. The maximum atomic E-state index is 12.4. The molecule has 0 aliphatic heterocycles. The van der Waals surface area contributed by atoms with Crippen LogP contribution in [0.2, 0.25) is 0 Å².